The maximum absolute atomic E-state index is 12.1. The number of nitrogen functional groups attached to an aromatic ring is 1. The van der Waals surface area contributed by atoms with Crippen molar-refractivity contribution in [2.75, 3.05) is 22.5 Å². The molecule has 2 amide bonds. The fraction of sp³-hybridized carbons (Fsp3) is 0.192. The molecule has 1 fully saturated rings. The molecule has 0 radical (unpaired) electrons. The normalized spacial score (nSPS) is 13.4. The van der Waals surface area contributed by atoms with Crippen LogP contribution in [-0.2, 0) is 16.6 Å². The molecule has 0 bridgehead atoms. The molecular formula is C26H25N7O2. The minimum absolute atomic E-state index is 0.0903. The first-order chi connectivity index (χ1) is 16.8. The van der Waals surface area contributed by atoms with E-state index in [0.29, 0.717) is 41.5 Å². The lowest BCUT2D eigenvalue weighted by Gasteiger charge is -2.15. The molecule has 3 aromatic heterocycles. The van der Waals surface area contributed by atoms with Gasteiger partial charge in [-0.2, -0.15) is 0 Å². The summed E-state index contributed by atoms with van der Waals surface area (Å²) in [6.07, 6.45) is 4.59. The van der Waals surface area contributed by atoms with Crippen molar-refractivity contribution in [1.29, 1.82) is 0 Å². The number of nitrogens with one attached hydrogen (secondary N) is 1. The first-order valence-electron chi connectivity index (χ1n) is 11.3. The summed E-state index contributed by atoms with van der Waals surface area (Å²) in [5.41, 5.74) is 11.6. The SMILES string of the molecule is C=C(C)C(=O)Nc1ccc(-c2c(-c3ccc(N4CCCC4=O)nc3)c3c(N)ncnc3n2C)cc1. The number of aromatic nitrogens is 4. The van der Waals surface area contributed by atoms with E-state index in [1.807, 2.05) is 48.0 Å². The molecule has 35 heavy (non-hydrogen) atoms. The Balaban J connectivity index is 1.62. The highest BCUT2D eigenvalue weighted by atomic mass is 16.2. The number of fused-ring (bicyclic) bond motifs is 1. The highest BCUT2D eigenvalue weighted by Crippen LogP contribution is 2.41. The standard InChI is InChI=1S/C26H25N7O2/c1-15(2)26(35)31-18-9-6-16(7-10-18)23-21(22-24(27)29-14-30-25(22)32(23)3)17-8-11-19(28-13-17)33-12-4-5-20(33)34/h6-11,13-14H,1,4-5,12H2,2-3H3,(H,31,35)(H2,27,29,30). The van der Waals surface area contributed by atoms with Crippen LogP contribution in [0.1, 0.15) is 19.8 Å². The molecule has 9 heteroatoms. The van der Waals surface area contributed by atoms with E-state index in [1.165, 1.54) is 6.33 Å². The van der Waals surface area contributed by atoms with Crippen LogP contribution in [0.2, 0.25) is 0 Å². The minimum atomic E-state index is -0.228. The molecule has 4 aromatic rings. The summed E-state index contributed by atoms with van der Waals surface area (Å²) in [5, 5.41) is 3.56. The summed E-state index contributed by atoms with van der Waals surface area (Å²) in [7, 11) is 1.93. The third kappa shape index (κ3) is 3.90. The highest BCUT2D eigenvalue weighted by molar-refractivity contribution is 6.08. The number of anilines is 3. The van der Waals surface area contributed by atoms with E-state index < -0.39 is 0 Å². The van der Waals surface area contributed by atoms with Crippen molar-refractivity contribution < 1.29 is 9.59 Å². The molecule has 0 unspecified atom stereocenters. The van der Waals surface area contributed by atoms with Gasteiger partial charge < -0.3 is 15.6 Å². The largest absolute Gasteiger partial charge is 0.383 e. The monoisotopic (exact) mass is 467 g/mol. The van der Waals surface area contributed by atoms with Crippen molar-refractivity contribution in [1.82, 2.24) is 19.5 Å². The molecule has 0 spiro atoms. The zero-order valence-corrected chi connectivity index (χ0v) is 19.6. The Bertz CT molecular complexity index is 1470. The van der Waals surface area contributed by atoms with E-state index in [4.69, 9.17) is 5.73 Å². The van der Waals surface area contributed by atoms with Gasteiger partial charge in [0.2, 0.25) is 5.91 Å². The van der Waals surface area contributed by atoms with Gasteiger partial charge in [0.15, 0.2) is 0 Å². The Morgan fingerprint density at radius 1 is 1.09 bits per heavy atom. The van der Waals surface area contributed by atoms with Gasteiger partial charge in [-0.3, -0.25) is 14.5 Å². The minimum Gasteiger partial charge on any atom is -0.383 e. The molecule has 1 saturated heterocycles. The van der Waals surface area contributed by atoms with Crippen LogP contribution in [0.4, 0.5) is 17.3 Å². The third-order valence-corrected chi connectivity index (χ3v) is 6.19. The van der Waals surface area contributed by atoms with Crippen molar-refractivity contribution in [2.24, 2.45) is 7.05 Å². The summed E-state index contributed by atoms with van der Waals surface area (Å²) < 4.78 is 1.97. The van der Waals surface area contributed by atoms with Gasteiger partial charge in [0.1, 0.15) is 23.6 Å². The number of rotatable bonds is 5. The molecule has 176 valence electrons. The second-order valence-corrected chi connectivity index (χ2v) is 8.61. The van der Waals surface area contributed by atoms with E-state index in [2.05, 4.69) is 26.8 Å². The lowest BCUT2D eigenvalue weighted by Crippen LogP contribution is -2.24. The first-order valence-corrected chi connectivity index (χ1v) is 11.3. The van der Waals surface area contributed by atoms with Gasteiger partial charge in [-0.1, -0.05) is 18.7 Å². The number of amides is 2. The van der Waals surface area contributed by atoms with Crippen molar-refractivity contribution in [3.63, 3.8) is 0 Å². The summed E-state index contributed by atoms with van der Waals surface area (Å²) in [6, 6.07) is 11.3. The van der Waals surface area contributed by atoms with Crippen LogP contribution in [-0.4, -0.2) is 37.9 Å². The van der Waals surface area contributed by atoms with Crippen molar-refractivity contribution in [2.45, 2.75) is 19.8 Å². The number of carbonyl (C=O) groups is 2. The summed E-state index contributed by atoms with van der Waals surface area (Å²) in [5.74, 6) is 0.872. The van der Waals surface area contributed by atoms with E-state index in [9.17, 15) is 9.59 Å². The molecule has 0 aliphatic carbocycles. The van der Waals surface area contributed by atoms with Gasteiger partial charge in [-0.25, -0.2) is 15.0 Å². The van der Waals surface area contributed by atoms with Gasteiger partial charge in [-0.05, 0) is 43.2 Å². The van der Waals surface area contributed by atoms with Crippen LogP contribution in [0.25, 0.3) is 33.4 Å². The van der Waals surface area contributed by atoms with Crippen molar-refractivity contribution in [3.05, 3.63) is 61.1 Å². The first kappa shape index (κ1) is 22.3. The number of nitrogens with two attached hydrogens (primary N) is 1. The molecular weight excluding hydrogens is 442 g/mol. The van der Waals surface area contributed by atoms with E-state index in [1.54, 1.807) is 18.0 Å². The summed E-state index contributed by atoms with van der Waals surface area (Å²) in [6.45, 7) is 6.02. The number of pyridine rings is 1. The quantitative estimate of drug-likeness (QED) is 0.430. The molecule has 0 saturated carbocycles. The molecule has 1 aromatic carbocycles. The number of hydrogen-bond donors (Lipinski definition) is 2. The Labute approximate surface area is 202 Å². The molecule has 9 nitrogen and oxygen atoms in total. The molecule has 1 aliphatic rings. The second kappa shape index (κ2) is 8.68. The fourth-order valence-electron chi connectivity index (χ4n) is 4.43. The molecule has 5 rings (SSSR count). The van der Waals surface area contributed by atoms with Gasteiger partial charge in [0, 0.05) is 48.6 Å². The smallest absolute Gasteiger partial charge is 0.250 e. The van der Waals surface area contributed by atoms with Gasteiger partial charge in [0.05, 0.1) is 11.1 Å². The lowest BCUT2D eigenvalue weighted by atomic mass is 10.00. The maximum atomic E-state index is 12.1. The summed E-state index contributed by atoms with van der Waals surface area (Å²) >= 11 is 0. The number of carbonyl (C=O) groups excluding carboxylic acids is 2. The predicted molar refractivity (Wildman–Crippen MR) is 137 cm³/mol. The summed E-state index contributed by atoms with van der Waals surface area (Å²) in [4.78, 5) is 39.1. The van der Waals surface area contributed by atoms with Crippen LogP contribution < -0.4 is 16.0 Å². The van der Waals surface area contributed by atoms with Gasteiger partial charge >= 0.3 is 0 Å². The average Bonchev–Trinajstić information content (AvgIpc) is 3.41. The topological polar surface area (TPSA) is 119 Å². The predicted octanol–water partition coefficient (Wildman–Crippen LogP) is 3.92. The van der Waals surface area contributed by atoms with Gasteiger partial charge in [0.25, 0.3) is 5.91 Å². The number of aryl methyl sites for hydroxylation is 1. The molecule has 1 aliphatic heterocycles. The Morgan fingerprint density at radius 2 is 1.83 bits per heavy atom. The van der Waals surface area contributed by atoms with E-state index in [-0.39, 0.29) is 11.8 Å². The van der Waals surface area contributed by atoms with Crippen molar-refractivity contribution in [3.8, 4) is 22.4 Å². The maximum Gasteiger partial charge on any atom is 0.250 e. The Morgan fingerprint density at radius 3 is 2.46 bits per heavy atom. The molecule has 4 heterocycles. The van der Waals surface area contributed by atoms with Crippen LogP contribution >= 0.6 is 0 Å². The van der Waals surface area contributed by atoms with Crippen LogP contribution in [0, 0.1) is 0 Å². The number of benzene rings is 1. The van der Waals surface area contributed by atoms with E-state index in [0.717, 1.165) is 34.2 Å². The fourth-order valence-corrected chi connectivity index (χ4v) is 4.43. The Hall–Kier alpha value is -4.53. The second-order valence-electron chi connectivity index (χ2n) is 8.61. The zero-order valence-electron chi connectivity index (χ0n) is 19.6. The highest BCUT2D eigenvalue weighted by Gasteiger charge is 2.25. The zero-order chi connectivity index (χ0) is 24.7. The van der Waals surface area contributed by atoms with Crippen molar-refractivity contribution >= 4 is 40.2 Å². The Kier molecular flexibility index (Phi) is 5.52. The number of nitrogens with zero attached hydrogens (tertiary/aromatic N) is 5. The van der Waals surface area contributed by atoms with E-state index >= 15 is 0 Å². The van der Waals surface area contributed by atoms with Crippen LogP contribution in [0.3, 0.4) is 0 Å². The molecule has 3 N–H and O–H groups in total. The molecule has 0 atom stereocenters. The third-order valence-electron chi connectivity index (χ3n) is 6.19. The van der Waals surface area contributed by atoms with Crippen LogP contribution in [0.5, 0.6) is 0 Å². The number of hydrogen-bond acceptors (Lipinski definition) is 6. The van der Waals surface area contributed by atoms with Crippen LogP contribution in [0.15, 0.2) is 61.1 Å². The lowest BCUT2D eigenvalue weighted by molar-refractivity contribution is -0.117. The average molecular weight is 468 g/mol. The van der Waals surface area contributed by atoms with Gasteiger partial charge in [-0.15, -0.1) is 0 Å².